The molecule has 0 bridgehead atoms. The number of amides is 1. The van der Waals surface area contributed by atoms with Crippen LogP contribution >= 0.6 is 0 Å². The van der Waals surface area contributed by atoms with Gasteiger partial charge in [-0.15, -0.1) is 0 Å². The number of carbonyl (C=O) groups excluding carboxylic acids is 1. The Hall–Kier alpha value is -0.650. The summed E-state index contributed by atoms with van der Waals surface area (Å²) in [6.07, 6.45) is -0.146. The first-order valence-electron chi connectivity index (χ1n) is 4.95. The molecule has 0 aromatic carbocycles. The highest BCUT2D eigenvalue weighted by Crippen LogP contribution is 2.10. The van der Waals surface area contributed by atoms with Crippen molar-refractivity contribution in [3.8, 4) is 0 Å². The largest absolute Gasteiger partial charge is 0.381 e. The molecule has 1 rings (SSSR count). The van der Waals surface area contributed by atoms with Crippen LogP contribution in [0.1, 0.15) is 6.92 Å². The van der Waals surface area contributed by atoms with Crippen LogP contribution in [0.15, 0.2) is 0 Å². The van der Waals surface area contributed by atoms with E-state index in [2.05, 4.69) is 5.32 Å². The minimum absolute atomic E-state index is 0.146. The molecule has 0 saturated carbocycles. The smallest absolute Gasteiger partial charge is 0.225 e. The Morgan fingerprint density at radius 2 is 2.57 bits per heavy atom. The quantitative estimate of drug-likeness (QED) is 0.606. The number of ether oxygens (including phenoxy) is 2. The monoisotopic (exact) mass is 202 g/mol. The van der Waals surface area contributed by atoms with Crippen LogP contribution in [0.2, 0.25) is 0 Å². The van der Waals surface area contributed by atoms with Crippen LogP contribution in [0.25, 0.3) is 0 Å². The van der Waals surface area contributed by atoms with Gasteiger partial charge in [0, 0.05) is 19.7 Å². The van der Waals surface area contributed by atoms with E-state index >= 15 is 0 Å². The number of hydrogen-bond donors (Lipinski definition) is 2. The molecule has 82 valence electrons. The molecule has 1 aliphatic heterocycles. The minimum Gasteiger partial charge on any atom is -0.381 e. The second-order valence-electron chi connectivity index (χ2n) is 3.28. The minimum atomic E-state index is -0.354. The zero-order valence-electron chi connectivity index (χ0n) is 8.49. The summed E-state index contributed by atoms with van der Waals surface area (Å²) < 4.78 is 10.7. The second kappa shape index (κ2) is 5.95. The Labute approximate surface area is 83.9 Å². The summed E-state index contributed by atoms with van der Waals surface area (Å²) in [7, 11) is 0. The van der Waals surface area contributed by atoms with Crippen LogP contribution in [0.5, 0.6) is 0 Å². The number of rotatable bonds is 5. The van der Waals surface area contributed by atoms with Gasteiger partial charge in [0.25, 0.3) is 0 Å². The molecule has 0 aromatic rings. The van der Waals surface area contributed by atoms with Gasteiger partial charge in [-0.1, -0.05) is 0 Å². The highest BCUT2D eigenvalue weighted by molar-refractivity contribution is 5.77. The van der Waals surface area contributed by atoms with Crippen LogP contribution in [-0.2, 0) is 14.3 Å². The molecule has 1 heterocycles. The summed E-state index contributed by atoms with van der Waals surface area (Å²) in [6.45, 7) is 4.94. The third-order valence-corrected chi connectivity index (χ3v) is 2.27. The highest BCUT2D eigenvalue weighted by Gasteiger charge is 2.28. The Balaban J connectivity index is 2.43. The molecule has 0 radical (unpaired) electrons. The molecule has 3 N–H and O–H groups in total. The van der Waals surface area contributed by atoms with Crippen molar-refractivity contribution in [2.45, 2.75) is 13.0 Å². The fourth-order valence-corrected chi connectivity index (χ4v) is 1.46. The molecule has 1 fully saturated rings. The van der Waals surface area contributed by atoms with Gasteiger partial charge in [-0.05, 0) is 6.92 Å². The summed E-state index contributed by atoms with van der Waals surface area (Å²) in [4.78, 5) is 11.1. The predicted molar refractivity (Wildman–Crippen MR) is 51.8 cm³/mol. The highest BCUT2D eigenvalue weighted by atomic mass is 16.5. The Morgan fingerprint density at radius 3 is 3.07 bits per heavy atom. The number of nitrogens with two attached hydrogens (primary N) is 1. The summed E-state index contributed by atoms with van der Waals surface area (Å²) in [5.74, 6) is -0.699. The van der Waals surface area contributed by atoms with E-state index in [1.165, 1.54) is 0 Å². The third-order valence-electron chi connectivity index (χ3n) is 2.27. The SMILES string of the molecule is CCOCC(C(N)=O)C1CNCCO1. The van der Waals surface area contributed by atoms with Crippen LogP contribution in [0.4, 0.5) is 0 Å². The molecule has 1 aliphatic rings. The van der Waals surface area contributed by atoms with Gasteiger partial charge in [0.05, 0.1) is 25.2 Å². The molecule has 2 atom stereocenters. The van der Waals surface area contributed by atoms with Gasteiger partial charge >= 0.3 is 0 Å². The van der Waals surface area contributed by atoms with Gasteiger partial charge in [0.1, 0.15) is 0 Å². The predicted octanol–water partition coefficient (Wildman–Crippen LogP) is -0.887. The van der Waals surface area contributed by atoms with E-state index in [-0.39, 0.29) is 17.9 Å². The van der Waals surface area contributed by atoms with Crippen molar-refractivity contribution in [1.29, 1.82) is 0 Å². The van der Waals surface area contributed by atoms with Gasteiger partial charge in [-0.3, -0.25) is 4.79 Å². The molecule has 0 aromatic heterocycles. The summed E-state index contributed by atoms with van der Waals surface area (Å²) in [5.41, 5.74) is 5.28. The normalized spacial score (nSPS) is 24.5. The lowest BCUT2D eigenvalue weighted by atomic mass is 10.0. The maximum absolute atomic E-state index is 11.1. The van der Waals surface area contributed by atoms with Gasteiger partial charge in [0.2, 0.25) is 5.91 Å². The van der Waals surface area contributed by atoms with Crippen molar-refractivity contribution < 1.29 is 14.3 Å². The summed E-state index contributed by atoms with van der Waals surface area (Å²) in [5, 5.41) is 3.16. The van der Waals surface area contributed by atoms with E-state index in [4.69, 9.17) is 15.2 Å². The lowest BCUT2D eigenvalue weighted by Gasteiger charge is -2.28. The standard InChI is InChI=1S/C9H18N2O3/c1-2-13-6-7(9(10)12)8-5-11-3-4-14-8/h7-8,11H,2-6H2,1H3,(H2,10,12). The van der Waals surface area contributed by atoms with Gasteiger partial charge in [-0.2, -0.15) is 0 Å². The number of primary amides is 1. The van der Waals surface area contributed by atoms with Crippen LogP contribution in [0.3, 0.4) is 0 Å². The first-order valence-corrected chi connectivity index (χ1v) is 4.95. The first kappa shape index (κ1) is 11.4. The molecule has 0 spiro atoms. The average molecular weight is 202 g/mol. The van der Waals surface area contributed by atoms with E-state index in [1.807, 2.05) is 6.92 Å². The number of carbonyl (C=O) groups is 1. The second-order valence-corrected chi connectivity index (χ2v) is 3.28. The van der Waals surface area contributed by atoms with Crippen molar-refractivity contribution in [3.63, 3.8) is 0 Å². The molecule has 0 aliphatic carbocycles. The number of morpholine rings is 1. The summed E-state index contributed by atoms with van der Waals surface area (Å²) in [6, 6.07) is 0. The van der Waals surface area contributed by atoms with Gasteiger partial charge in [-0.25, -0.2) is 0 Å². The Kier molecular flexibility index (Phi) is 4.86. The van der Waals surface area contributed by atoms with Crippen molar-refractivity contribution >= 4 is 5.91 Å². The molecule has 1 saturated heterocycles. The molecule has 2 unspecified atom stereocenters. The van der Waals surface area contributed by atoms with E-state index < -0.39 is 0 Å². The van der Waals surface area contributed by atoms with Crippen LogP contribution in [-0.4, -0.2) is 44.9 Å². The average Bonchev–Trinajstić information content (AvgIpc) is 2.19. The maximum atomic E-state index is 11.1. The first-order chi connectivity index (χ1) is 6.75. The zero-order chi connectivity index (χ0) is 10.4. The molecule has 5 heteroatoms. The Morgan fingerprint density at radius 1 is 1.79 bits per heavy atom. The lowest BCUT2D eigenvalue weighted by Crippen LogP contribution is -2.48. The zero-order valence-corrected chi connectivity index (χ0v) is 8.49. The third kappa shape index (κ3) is 3.25. The number of hydrogen-bond acceptors (Lipinski definition) is 4. The Bertz CT molecular complexity index is 181. The van der Waals surface area contributed by atoms with Crippen molar-refractivity contribution in [2.24, 2.45) is 11.7 Å². The van der Waals surface area contributed by atoms with Gasteiger partial charge < -0.3 is 20.5 Å². The fourth-order valence-electron chi connectivity index (χ4n) is 1.46. The van der Waals surface area contributed by atoms with Crippen molar-refractivity contribution in [1.82, 2.24) is 5.32 Å². The van der Waals surface area contributed by atoms with E-state index in [1.54, 1.807) is 0 Å². The van der Waals surface area contributed by atoms with E-state index in [9.17, 15) is 4.79 Å². The van der Waals surface area contributed by atoms with Crippen LogP contribution < -0.4 is 11.1 Å². The molecule has 14 heavy (non-hydrogen) atoms. The van der Waals surface area contributed by atoms with E-state index in [0.29, 0.717) is 26.4 Å². The van der Waals surface area contributed by atoms with Crippen molar-refractivity contribution in [3.05, 3.63) is 0 Å². The molecular weight excluding hydrogens is 184 g/mol. The summed E-state index contributed by atoms with van der Waals surface area (Å²) >= 11 is 0. The topological polar surface area (TPSA) is 73.6 Å². The van der Waals surface area contributed by atoms with Crippen LogP contribution in [0, 0.1) is 5.92 Å². The fraction of sp³-hybridized carbons (Fsp3) is 0.889. The van der Waals surface area contributed by atoms with E-state index in [0.717, 1.165) is 6.54 Å². The maximum Gasteiger partial charge on any atom is 0.225 e. The molecule has 1 amide bonds. The van der Waals surface area contributed by atoms with Crippen molar-refractivity contribution in [2.75, 3.05) is 32.9 Å². The molecular formula is C9H18N2O3. The van der Waals surface area contributed by atoms with Gasteiger partial charge in [0.15, 0.2) is 0 Å². The number of nitrogens with one attached hydrogen (secondary N) is 1. The molecule has 5 nitrogen and oxygen atoms in total. The lowest BCUT2D eigenvalue weighted by molar-refractivity contribution is -0.131.